The molecule has 1 atom stereocenters. The summed E-state index contributed by atoms with van der Waals surface area (Å²) in [7, 11) is 1.49. The van der Waals surface area contributed by atoms with Gasteiger partial charge in [-0.15, -0.1) is 0 Å². The van der Waals surface area contributed by atoms with Gasteiger partial charge in [-0.1, -0.05) is 6.07 Å². The molecule has 8 heteroatoms. The molecule has 0 aliphatic carbocycles. The molecule has 2 N–H and O–H groups in total. The van der Waals surface area contributed by atoms with Gasteiger partial charge in [0.25, 0.3) is 11.8 Å². The van der Waals surface area contributed by atoms with Gasteiger partial charge in [0.15, 0.2) is 5.11 Å². The average Bonchev–Trinajstić information content (AvgIpc) is 2.99. The first-order chi connectivity index (χ1) is 11.8. The van der Waals surface area contributed by atoms with Gasteiger partial charge in [0.05, 0.1) is 0 Å². The number of benzene rings is 1. The number of thiocarbonyl (C=S) groups is 1. The maximum Gasteiger partial charge on any atom is 0.326 e. The molecule has 1 aliphatic rings. The Morgan fingerprint density at radius 1 is 1.32 bits per heavy atom. The number of nitrogens with one attached hydrogen (secondary N) is 1. The first kappa shape index (κ1) is 16.8. The van der Waals surface area contributed by atoms with Crippen LogP contribution in [0.1, 0.15) is 18.5 Å². The van der Waals surface area contributed by atoms with Crippen molar-refractivity contribution < 1.29 is 19.5 Å². The van der Waals surface area contributed by atoms with Crippen molar-refractivity contribution in [3.05, 3.63) is 41.6 Å². The van der Waals surface area contributed by atoms with Crippen LogP contribution in [0.2, 0.25) is 0 Å². The second-order valence-corrected chi connectivity index (χ2v) is 6.12. The van der Waals surface area contributed by atoms with Crippen LogP contribution in [-0.4, -0.2) is 44.5 Å². The van der Waals surface area contributed by atoms with E-state index in [0.29, 0.717) is 5.56 Å². The highest BCUT2D eigenvalue weighted by molar-refractivity contribution is 7.80. The van der Waals surface area contributed by atoms with E-state index >= 15 is 0 Å². The van der Waals surface area contributed by atoms with Crippen molar-refractivity contribution in [3.8, 4) is 0 Å². The van der Waals surface area contributed by atoms with E-state index in [0.717, 1.165) is 10.9 Å². The molecular formula is C17H15N3O4S. The Morgan fingerprint density at radius 3 is 2.72 bits per heavy atom. The summed E-state index contributed by atoms with van der Waals surface area (Å²) >= 11 is 4.91. The van der Waals surface area contributed by atoms with Crippen LogP contribution in [0.5, 0.6) is 0 Å². The third-order valence-electron chi connectivity index (χ3n) is 4.13. The smallest absolute Gasteiger partial charge is 0.326 e. The molecule has 0 saturated carbocycles. The van der Waals surface area contributed by atoms with Gasteiger partial charge in [0.1, 0.15) is 11.6 Å². The molecule has 2 heterocycles. The Morgan fingerprint density at radius 2 is 2.04 bits per heavy atom. The number of carboxylic acids is 1. The zero-order chi connectivity index (χ0) is 18.3. The van der Waals surface area contributed by atoms with Gasteiger partial charge in [-0.2, -0.15) is 0 Å². The number of carbonyl (C=O) groups excluding carboxylic acids is 2. The number of amides is 2. The lowest BCUT2D eigenvalue weighted by molar-refractivity contribution is -0.140. The number of fused-ring (bicyclic) bond motifs is 1. The van der Waals surface area contributed by atoms with Crippen molar-refractivity contribution in [3.63, 3.8) is 0 Å². The number of likely N-dealkylation sites (N-methyl/N-ethyl adjacent to an activating group) is 1. The SMILES string of the molecule is C[C@H](C(=O)O)n1ccc2cc(/C=C3\C(=O)NC(=S)N(C)C3=O)ccc21. The van der Waals surface area contributed by atoms with Gasteiger partial charge < -0.3 is 9.67 Å². The molecule has 0 bridgehead atoms. The quantitative estimate of drug-likeness (QED) is 0.494. The number of carbonyl (C=O) groups is 3. The van der Waals surface area contributed by atoms with Gasteiger partial charge in [0.2, 0.25) is 0 Å². The van der Waals surface area contributed by atoms with Crippen molar-refractivity contribution in [1.82, 2.24) is 14.8 Å². The summed E-state index contributed by atoms with van der Waals surface area (Å²) in [4.78, 5) is 36.6. The predicted molar refractivity (Wildman–Crippen MR) is 95.8 cm³/mol. The number of aliphatic carboxylic acids is 1. The lowest BCUT2D eigenvalue weighted by Gasteiger charge is -2.25. The van der Waals surface area contributed by atoms with Crippen LogP contribution in [-0.2, 0) is 14.4 Å². The minimum absolute atomic E-state index is 0.00575. The molecule has 1 aliphatic heterocycles. The maximum atomic E-state index is 12.2. The lowest BCUT2D eigenvalue weighted by Crippen LogP contribution is -2.52. The summed E-state index contributed by atoms with van der Waals surface area (Å²) in [6.45, 7) is 1.60. The van der Waals surface area contributed by atoms with E-state index in [1.54, 1.807) is 42.0 Å². The largest absolute Gasteiger partial charge is 0.480 e. The fourth-order valence-electron chi connectivity index (χ4n) is 2.64. The van der Waals surface area contributed by atoms with E-state index in [9.17, 15) is 14.4 Å². The minimum atomic E-state index is -0.924. The number of nitrogens with zero attached hydrogens (tertiary/aromatic N) is 2. The second kappa shape index (κ2) is 6.14. The summed E-state index contributed by atoms with van der Waals surface area (Å²) < 4.78 is 1.65. The number of hydrogen-bond donors (Lipinski definition) is 2. The number of hydrogen-bond acceptors (Lipinski definition) is 4. The molecule has 1 aromatic carbocycles. The second-order valence-electron chi connectivity index (χ2n) is 5.74. The van der Waals surface area contributed by atoms with E-state index in [1.807, 2.05) is 0 Å². The van der Waals surface area contributed by atoms with Crippen molar-refractivity contribution in [2.75, 3.05) is 7.05 Å². The van der Waals surface area contributed by atoms with E-state index in [2.05, 4.69) is 5.32 Å². The topological polar surface area (TPSA) is 91.6 Å². The monoisotopic (exact) mass is 357 g/mol. The van der Waals surface area contributed by atoms with Crippen molar-refractivity contribution in [2.24, 2.45) is 0 Å². The molecule has 1 aromatic heterocycles. The molecule has 1 saturated heterocycles. The highest BCUT2D eigenvalue weighted by atomic mass is 32.1. The zero-order valence-electron chi connectivity index (χ0n) is 13.5. The van der Waals surface area contributed by atoms with Crippen LogP contribution in [0.25, 0.3) is 17.0 Å². The molecule has 0 radical (unpaired) electrons. The van der Waals surface area contributed by atoms with E-state index in [1.165, 1.54) is 18.0 Å². The van der Waals surface area contributed by atoms with Gasteiger partial charge in [-0.25, -0.2) is 4.79 Å². The first-order valence-electron chi connectivity index (χ1n) is 7.48. The molecule has 2 amide bonds. The Labute approximate surface area is 148 Å². The minimum Gasteiger partial charge on any atom is -0.480 e. The predicted octanol–water partition coefficient (Wildman–Crippen LogP) is 1.54. The molecule has 0 spiro atoms. The normalized spacial score (nSPS) is 17.9. The fourth-order valence-corrected chi connectivity index (χ4v) is 2.82. The van der Waals surface area contributed by atoms with Crippen LogP contribution in [0, 0.1) is 0 Å². The molecular weight excluding hydrogens is 342 g/mol. The molecule has 128 valence electrons. The average molecular weight is 357 g/mol. The van der Waals surface area contributed by atoms with Crippen molar-refractivity contribution in [1.29, 1.82) is 0 Å². The Bertz CT molecular complexity index is 960. The Balaban J connectivity index is 2.00. The molecule has 2 aromatic rings. The van der Waals surface area contributed by atoms with Crippen LogP contribution < -0.4 is 5.32 Å². The van der Waals surface area contributed by atoms with Gasteiger partial charge in [-0.05, 0) is 49.0 Å². The van der Waals surface area contributed by atoms with Gasteiger partial charge in [-0.3, -0.25) is 19.8 Å². The summed E-state index contributed by atoms with van der Waals surface area (Å²) in [5.41, 5.74) is 1.41. The summed E-state index contributed by atoms with van der Waals surface area (Å²) in [5, 5.41) is 12.5. The van der Waals surface area contributed by atoms with Crippen LogP contribution in [0.3, 0.4) is 0 Å². The van der Waals surface area contributed by atoms with Gasteiger partial charge in [0, 0.05) is 24.1 Å². The molecule has 7 nitrogen and oxygen atoms in total. The number of rotatable bonds is 3. The van der Waals surface area contributed by atoms with E-state index in [-0.39, 0.29) is 10.7 Å². The van der Waals surface area contributed by atoms with E-state index in [4.69, 9.17) is 17.3 Å². The first-order valence-corrected chi connectivity index (χ1v) is 7.89. The Hall–Kier alpha value is -3.00. The number of aromatic nitrogens is 1. The third-order valence-corrected chi connectivity index (χ3v) is 4.51. The summed E-state index contributed by atoms with van der Waals surface area (Å²) in [6.07, 6.45) is 3.19. The van der Waals surface area contributed by atoms with Crippen LogP contribution in [0.4, 0.5) is 0 Å². The van der Waals surface area contributed by atoms with Crippen LogP contribution in [0.15, 0.2) is 36.0 Å². The third kappa shape index (κ3) is 2.91. The Kier molecular flexibility index (Phi) is 4.13. The molecule has 0 unspecified atom stereocenters. The number of carboxylic acid groups (broad SMARTS) is 1. The molecule has 1 fully saturated rings. The van der Waals surface area contributed by atoms with Crippen LogP contribution >= 0.6 is 12.2 Å². The highest BCUT2D eigenvalue weighted by Gasteiger charge is 2.30. The van der Waals surface area contributed by atoms with Crippen molar-refractivity contribution in [2.45, 2.75) is 13.0 Å². The molecule has 3 rings (SSSR count). The maximum absolute atomic E-state index is 12.2. The van der Waals surface area contributed by atoms with Gasteiger partial charge >= 0.3 is 5.97 Å². The standard InChI is InChI=1S/C17H15N3O4S/c1-9(16(23)24)20-6-5-11-7-10(3-4-13(11)20)8-12-14(21)18-17(25)19(2)15(12)22/h3-9H,1-2H3,(H,23,24)(H,18,21,25)/b12-8+/t9-/m1/s1. The highest BCUT2D eigenvalue weighted by Crippen LogP contribution is 2.23. The fraction of sp³-hybridized carbons (Fsp3) is 0.176. The summed E-state index contributed by atoms with van der Waals surface area (Å²) in [6, 6.07) is 6.39. The molecule has 25 heavy (non-hydrogen) atoms. The summed E-state index contributed by atoms with van der Waals surface area (Å²) in [5.74, 6) is -1.93. The van der Waals surface area contributed by atoms with Crippen molar-refractivity contribution >= 4 is 52.1 Å². The lowest BCUT2D eigenvalue weighted by atomic mass is 10.1. The van der Waals surface area contributed by atoms with E-state index < -0.39 is 23.8 Å². The zero-order valence-corrected chi connectivity index (χ0v) is 14.3.